The minimum atomic E-state index is -0.0394. The quantitative estimate of drug-likeness (QED) is 0.664. The van der Waals surface area contributed by atoms with Crippen LogP contribution in [-0.2, 0) is 9.47 Å². The van der Waals surface area contributed by atoms with Gasteiger partial charge in [0.25, 0.3) is 0 Å². The van der Waals surface area contributed by atoms with Gasteiger partial charge in [-0.1, -0.05) is 33.8 Å². The molecule has 2 nitrogen and oxygen atoms in total. The van der Waals surface area contributed by atoms with E-state index < -0.39 is 0 Å². The van der Waals surface area contributed by atoms with E-state index in [0.29, 0.717) is 24.0 Å². The zero-order valence-electron chi connectivity index (χ0n) is 11.1. The summed E-state index contributed by atoms with van der Waals surface area (Å²) in [6.45, 7) is 12.6. The lowest BCUT2D eigenvalue weighted by molar-refractivity contribution is -0.260. The van der Waals surface area contributed by atoms with Gasteiger partial charge in [-0.3, -0.25) is 0 Å². The first-order valence-corrected chi connectivity index (χ1v) is 6.44. The number of hydrogen-bond donors (Lipinski definition) is 0. The van der Waals surface area contributed by atoms with Crippen LogP contribution in [0.2, 0.25) is 0 Å². The van der Waals surface area contributed by atoms with Gasteiger partial charge in [-0.05, 0) is 18.8 Å². The predicted octanol–water partition coefficient (Wildman–Crippen LogP) is 3.76. The summed E-state index contributed by atoms with van der Waals surface area (Å²) in [6.07, 6.45) is 5.62. The van der Waals surface area contributed by atoms with Gasteiger partial charge >= 0.3 is 0 Å². The molecule has 1 saturated heterocycles. The third-order valence-corrected chi connectivity index (χ3v) is 2.89. The lowest BCUT2D eigenvalue weighted by atomic mass is 9.98. The average Bonchev–Trinajstić information content (AvgIpc) is 2.16. The van der Waals surface area contributed by atoms with Gasteiger partial charge in [0.1, 0.15) is 0 Å². The molecular formula is C14H26O2. The molecule has 0 radical (unpaired) electrons. The molecule has 1 unspecified atom stereocenters. The molecule has 0 spiro atoms. The van der Waals surface area contributed by atoms with Crippen molar-refractivity contribution in [1.82, 2.24) is 0 Å². The van der Waals surface area contributed by atoms with E-state index in [1.165, 1.54) is 0 Å². The molecule has 0 amide bonds. The lowest BCUT2D eigenvalue weighted by Crippen LogP contribution is -2.41. The Morgan fingerprint density at radius 2 is 1.81 bits per heavy atom. The van der Waals surface area contributed by atoms with E-state index in [2.05, 4.69) is 34.3 Å². The maximum absolute atomic E-state index is 5.98. The minimum absolute atomic E-state index is 0.0394. The highest BCUT2D eigenvalue weighted by Gasteiger charge is 2.31. The lowest BCUT2D eigenvalue weighted by Gasteiger charge is -2.38. The zero-order chi connectivity index (χ0) is 12.1. The topological polar surface area (TPSA) is 18.5 Å². The van der Waals surface area contributed by atoms with Crippen LogP contribution in [0.4, 0.5) is 0 Å². The molecule has 0 aromatic heterocycles. The van der Waals surface area contributed by atoms with Crippen molar-refractivity contribution in [3.8, 4) is 0 Å². The monoisotopic (exact) mass is 226 g/mol. The van der Waals surface area contributed by atoms with E-state index >= 15 is 0 Å². The first-order chi connectivity index (χ1) is 7.52. The van der Waals surface area contributed by atoms with Gasteiger partial charge in [-0.2, -0.15) is 0 Å². The largest absolute Gasteiger partial charge is 0.349 e. The standard InChI is InChI=1S/C14H26O2/c1-6-7-12-9-13(8-10(2)3)16-14(15-12)11(4)5/h6,10-14H,1,7-9H2,2-5H3/t12-,13-,14?/m1/s1. The molecule has 3 atom stereocenters. The first-order valence-electron chi connectivity index (χ1n) is 6.44. The zero-order valence-corrected chi connectivity index (χ0v) is 11.1. The van der Waals surface area contributed by atoms with Gasteiger partial charge in [-0.15, -0.1) is 6.58 Å². The Labute approximate surface area is 100 Å². The predicted molar refractivity (Wildman–Crippen MR) is 67.3 cm³/mol. The molecular weight excluding hydrogens is 200 g/mol. The number of ether oxygens (including phenoxy) is 2. The molecule has 1 rings (SSSR count). The minimum Gasteiger partial charge on any atom is -0.349 e. The van der Waals surface area contributed by atoms with Crippen molar-refractivity contribution >= 4 is 0 Å². The van der Waals surface area contributed by atoms with E-state index in [9.17, 15) is 0 Å². The normalized spacial score (nSPS) is 31.0. The van der Waals surface area contributed by atoms with Crippen molar-refractivity contribution in [1.29, 1.82) is 0 Å². The van der Waals surface area contributed by atoms with Crippen LogP contribution in [0, 0.1) is 11.8 Å². The molecule has 0 aromatic carbocycles. The fourth-order valence-electron chi connectivity index (χ4n) is 2.15. The highest BCUT2D eigenvalue weighted by Crippen LogP contribution is 2.28. The van der Waals surface area contributed by atoms with Crippen LogP contribution in [0.3, 0.4) is 0 Å². The number of hydrogen-bond acceptors (Lipinski definition) is 2. The van der Waals surface area contributed by atoms with Gasteiger partial charge in [0.15, 0.2) is 6.29 Å². The van der Waals surface area contributed by atoms with Crippen molar-refractivity contribution in [3.05, 3.63) is 12.7 Å². The Morgan fingerprint density at radius 1 is 1.19 bits per heavy atom. The maximum atomic E-state index is 5.98. The second kappa shape index (κ2) is 6.41. The molecule has 0 saturated carbocycles. The van der Waals surface area contributed by atoms with Crippen molar-refractivity contribution in [2.45, 2.75) is 65.5 Å². The summed E-state index contributed by atoms with van der Waals surface area (Å²) in [4.78, 5) is 0. The molecule has 0 aliphatic carbocycles. The summed E-state index contributed by atoms with van der Waals surface area (Å²) in [5, 5.41) is 0. The summed E-state index contributed by atoms with van der Waals surface area (Å²) in [7, 11) is 0. The second-order valence-electron chi connectivity index (χ2n) is 5.52. The highest BCUT2D eigenvalue weighted by molar-refractivity contribution is 4.80. The molecule has 16 heavy (non-hydrogen) atoms. The molecule has 0 aromatic rings. The van der Waals surface area contributed by atoms with Gasteiger partial charge in [0.2, 0.25) is 0 Å². The summed E-state index contributed by atoms with van der Waals surface area (Å²) < 4.78 is 11.9. The Kier molecular flexibility index (Phi) is 5.50. The summed E-state index contributed by atoms with van der Waals surface area (Å²) >= 11 is 0. The van der Waals surface area contributed by atoms with Crippen LogP contribution in [0.25, 0.3) is 0 Å². The van der Waals surface area contributed by atoms with Gasteiger partial charge in [0, 0.05) is 12.3 Å². The Bertz CT molecular complexity index is 211. The molecule has 2 heteroatoms. The molecule has 1 aliphatic rings. The Morgan fingerprint density at radius 3 is 2.31 bits per heavy atom. The van der Waals surface area contributed by atoms with Crippen LogP contribution in [0.1, 0.15) is 47.0 Å². The smallest absolute Gasteiger partial charge is 0.160 e. The molecule has 1 fully saturated rings. The van der Waals surface area contributed by atoms with E-state index in [1.807, 2.05) is 6.08 Å². The first kappa shape index (κ1) is 13.7. The van der Waals surface area contributed by atoms with E-state index in [-0.39, 0.29) is 6.29 Å². The van der Waals surface area contributed by atoms with E-state index in [0.717, 1.165) is 19.3 Å². The third kappa shape index (κ3) is 4.26. The summed E-state index contributed by atoms with van der Waals surface area (Å²) in [5.41, 5.74) is 0. The van der Waals surface area contributed by atoms with Crippen LogP contribution < -0.4 is 0 Å². The SMILES string of the molecule is C=CC[C@@H]1C[C@@H](CC(C)C)OC(C(C)C)O1. The van der Waals surface area contributed by atoms with Crippen LogP contribution in [0.15, 0.2) is 12.7 Å². The molecule has 94 valence electrons. The van der Waals surface area contributed by atoms with E-state index in [4.69, 9.17) is 9.47 Å². The van der Waals surface area contributed by atoms with Gasteiger partial charge in [0.05, 0.1) is 12.2 Å². The summed E-state index contributed by atoms with van der Waals surface area (Å²) in [6, 6.07) is 0. The Balaban J connectivity index is 2.55. The maximum Gasteiger partial charge on any atom is 0.160 e. The van der Waals surface area contributed by atoms with Gasteiger partial charge < -0.3 is 9.47 Å². The molecule has 0 N–H and O–H groups in total. The second-order valence-corrected chi connectivity index (χ2v) is 5.52. The molecule has 1 heterocycles. The van der Waals surface area contributed by atoms with E-state index in [1.54, 1.807) is 0 Å². The van der Waals surface area contributed by atoms with Crippen LogP contribution >= 0.6 is 0 Å². The Hall–Kier alpha value is -0.340. The molecule has 0 bridgehead atoms. The molecule has 1 aliphatic heterocycles. The van der Waals surface area contributed by atoms with Crippen molar-refractivity contribution in [2.75, 3.05) is 0 Å². The average molecular weight is 226 g/mol. The fourth-order valence-corrected chi connectivity index (χ4v) is 2.15. The fraction of sp³-hybridized carbons (Fsp3) is 0.857. The van der Waals surface area contributed by atoms with Crippen LogP contribution in [0.5, 0.6) is 0 Å². The van der Waals surface area contributed by atoms with Crippen molar-refractivity contribution in [2.24, 2.45) is 11.8 Å². The van der Waals surface area contributed by atoms with Crippen LogP contribution in [-0.4, -0.2) is 18.5 Å². The van der Waals surface area contributed by atoms with Gasteiger partial charge in [-0.25, -0.2) is 0 Å². The summed E-state index contributed by atoms with van der Waals surface area (Å²) in [5.74, 6) is 1.10. The van der Waals surface area contributed by atoms with Crippen molar-refractivity contribution < 1.29 is 9.47 Å². The number of rotatable bonds is 5. The van der Waals surface area contributed by atoms with Crippen molar-refractivity contribution in [3.63, 3.8) is 0 Å². The highest BCUT2D eigenvalue weighted by atomic mass is 16.7. The third-order valence-electron chi connectivity index (χ3n) is 2.89.